The zero-order chi connectivity index (χ0) is 31.1. The molecule has 6 aromatic rings. The van der Waals surface area contributed by atoms with Gasteiger partial charge in [0.15, 0.2) is 11.5 Å². The third-order valence-corrected chi connectivity index (χ3v) is 12.0. The van der Waals surface area contributed by atoms with Gasteiger partial charge in [0.1, 0.15) is 5.71 Å². The second-order valence-corrected chi connectivity index (χ2v) is 14.7. The number of hydrogen-bond acceptors (Lipinski definition) is 6. The first-order valence-corrected chi connectivity index (χ1v) is 17.5. The van der Waals surface area contributed by atoms with E-state index in [1.54, 1.807) is 127 Å². The number of para-hydroxylation sites is 1. The Morgan fingerprint density at radius 2 is 0.844 bits per heavy atom. The normalized spacial score (nSPS) is 12.0. The Bertz CT molecular complexity index is 1920. The van der Waals surface area contributed by atoms with Gasteiger partial charge < -0.3 is 14.3 Å². The Labute approximate surface area is 262 Å². The SMILES string of the molecule is O=P(Oc1cccc(C(=NO)c2ccccc2)c1OP(=O)(c1ccccc1)c1ccccc1)(c1ccccc1)c1ccccc1. The van der Waals surface area contributed by atoms with Crippen molar-refractivity contribution in [1.82, 2.24) is 0 Å². The van der Waals surface area contributed by atoms with E-state index < -0.39 is 14.7 Å². The topological polar surface area (TPSA) is 85.2 Å². The van der Waals surface area contributed by atoms with Gasteiger partial charge in [0.25, 0.3) is 0 Å². The van der Waals surface area contributed by atoms with Gasteiger partial charge in [0.05, 0.1) is 26.8 Å². The quantitative estimate of drug-likeness (QED) is 0.0733. The highest BCUT2D eigenvalue weighted by atomic mass is 31.2. The van der Waals surface area contributed by atoms with Crippen LogP contribution in [0.5, 0.6) is 11.5 Å². The highest BCUT2D eigenvalue weighted by molar-refractivity contribution is 7.75. The van der Waals surface area contributed by atoms with E-state index in [9.17, 15) is 5.21 Å². The lowest BCUT2D eigenvalue weighted by Gasteiger charge is -2.26. The first-order chi connectivity index (χ1) is 22.0. The molecule has 6 nitrogen and oxygen atoms in total. The van der Waals surface area contributed by atoms with E-state index in [2.05, 4.69) is 5.16 Å². The summed E-state index contributed by atoms with van der Waals surface area (Å²) in [5.74, 6) is 0.102. The molecule has 0 saturated carbocycles. The van der Waals surface area contributed by atoms with Crippen LogP contribution in [0, 0.1) is 0 Å². The summed E-state index contributed by atoms with van der Waals surface area (Å²) in [6.07, 6.45) is 0. The predicted molar refractivity (Wildman–Crippen MR) is 181 cm³/mol. The molecule has 0 bridgehead atoms. The lowest BCUT2D eigenvalue weighted by atomic mass is 10.0. The van der Waals surface area contributed by atoms with E-state index in [1.807, 2.05) is 42.5 Å². The fourth-order valence-corrected chi connectivity index (χ4v) is 9.15. The summed E-state index contributed by atoms with van der Waals surface area (Å²) in [5.41, 5.74) is 1.06. The standard InChI is InChI=1S/C37H29NO5P2/c39-38-36(29-17-6-1-7-18-29)34-27-16-28-35(42-44(40,30-19-8-2-9-20-30)31-21-10-3-11-22-31)37(34)43-45(41,32-23-12-4-13-24-32)33-25-14-5-15-26-33/h1-28,39H. The molecule has 222 valence electrons. The van der Waals surface area contributed by atoms with Crippen molar-refractivity contribution in [3.05, 3.63) is 181 Å². The number of nitrogens with zero attached hydrogens (tertiary/aromatic N) is 1. The maximum absolute atomic E-state index is 15.2. The molecule has 6 rings (SSSR count). The van der Waals surface area contributed by atoms with Crippen LogP contribution in [0.3, 0.4) is 0 Å². The lowest BCUT2D eigenvalue weighted by Crippen LogP contribution is -2.23. The van der Waals surface area contributed by atoms with Crippen molar-refractivity contribution in [3.63, 3.8) is 0 Å². The molecule has 0 aliphatic heterocycles. The minimum Gasteiger partial charge on any atom is -0.433 e. The van der Waals surface area contributed by atoms with Gasteiger partial charge in [-0.15, -0.1) is 0 Å². The third-order valence-electron chi connectivity index (χ3n) is 7.21. The molecule has 0 saturated heterocycles. The molecule has 0 fully saturated rings. The van der Waals surface area contributed by atoms with E-state index in [4.69, 9.17) is 9.05 Å². The van der Waals surface area contributed by atoms with E-state index in [0.29, 0.717) is 32.3 Å². The summed E-state index contributed by atoms with van der Waals surface area (Å²) in [6.45, 7) is 0. The zero-order valence-corrected chi connectivity index (χ0v) is 25.9. The van der Waals surface area contributed by atoms with Crippen LogP contribution in [0.4, 0.5) is 0 Å². The molecule has 0 unspecified atom stereocenters. The second-order valence-electron chi connectivity index (χ2n) is 10.1. The van der Waals surface area contributed by atoms with Gasteiger partial charge in [-0.1, -0.05) is 114 Å². The van der Waals surface area contributed by atoms with E-state index in [1.165, 1.54) is 0 Å². The maximum Gasteiger partial charge on any atom is 0.306 e. The summed E-state index contributed by atoms with van der Waals surface area (Å²) in [4.78, 5) is 0. The Hall–Kier alpha value is -5.15. The summed E-state index contributed by atoms with van der Waals surface area (Å²) < 4.78 is 43.5. The molecule has 45 heavy (non-hydrogen) atoms. The second kappa shape index (κ2) is 13.2. The predicted octanol–water partition coefficient (Wildman–Crippen LogP) is 7.53. The van der Waals surface area contributed by atoms with E-state index in [-0.39, 0.29) is 17.2 Å². The molecule has 0 spiro atoms. The number of hydrogen-bond donors (Lipinski definition) is 1. The molecule has 0 heterocycles. The van der Waals surface area contributed by atoms with Crippen LogP contribution in [-0.4, -0.2) is 10.9 Å². The molecule has 0 aliphatic rings. The maximum atomic E-state index is 15.2. The van der Waals surface area contributed by atoms with E-state index in [0.717, 1.165) is 0 Å². The Kier molecular flexibility index (Phi) is 8.79. The third kappa shape index (κ3) is 6.12. The monoisotopic (exact) mass is 629 g/mol. The average molecular weight is 630 g/mol. The first kappa shape index (κ1) is 29.9. The smallest absolute Gasteiger partial charge is 0.306 e. The van der Waals surface area contributed by atoms with Gasteiger partial charge in [-0.3, -0.25) is 9.13 Å². The summed E-state index contributed by atoms with van der Waals surface area (Å²) in [7, 11) is -7.64. The summed E-state index contributed by atoms with van der Waals surface area (Å²) in [5, 5.41) is 15.8. The van der Waals surface area contributed by atoms with Crippen LogP contribution in [0.15, 0.2) is 175 Å². The van der Waals surface area contributed by atoms with Gasteiger partial charge in [-0.05, 0) is 60.7 Å². The molecule has 0 amide bonds. The molecule has 6 aromatic carbocycles. The van der Waals surface area contributed by atoms with Crippen molar-refractivity contribution in [2.75, 3.05) is 0 Å². The molecule has 8 heteroatoms. The highest BCUT2D eigenvalue weighted by Crippen LogP contribution is 2.53. The Balaban J connectivity index is 1.60. The number of oxime groups is 1. The number of benzene rings is 6. The van der Waals surface area contributed by atoms with Crippen LogP contribution < -0.4 is 30.3 Å². The lowest BCUT2D eigenvalue weighted by molar-refractivity contribution is 0.319. The van der Waals surface area contributed by atoms with Crippen molar-refractivity contribution >= 4 is 41.7 Å². The summed E-state index contributed by atoms with van der Waals surface area (Å²) >= 11 is 0. The molecule has 0 atom stereocenters. The van der Waals surface area contributed by atoms with Crippen molar-refractivity contribution in [2.24, 2.45) is 5.16 Å². The van der Waals surface area contributed by atoms with Crippen LogP contribution >= 0.6 is 14.7 Å². The van der Waals surface area contributed by atoms with Crippen molar-refractivity contribution in [1.29, 1.82) is 0 Å². The fraction of sp³-hybridized carbons (Fsp3) is 0. The fourth-order valence-electron chi connectivity index (χ4n) is 5.00. The van der Waals surface area contributed by atoms with Gasteiger partial charge in [-0.25, -0.2) is 0 Å². The van der Waals surface area contributed by atoms with Crippen LogP contribution in [0.25, 0.3) is 0 Å². The van der Waals surface area contributed by atoms with Gasteiger partial charge >= 0.3 is 14.7 Å². The first-order valence-electron chi connectivity index (χ1n) is 14.3. The van der Waals surface area contributed by atoms with Gasteiger partial charge in [0.2, 0.25) is 0 Å². The van der Waals surface area contributed by atoms with Crippen molar-refractivity contribution < 1.29 is 23.4 Å². The van der Waals surface area contributed by atoms with Gasteiger partial charge in [-0.2, -0.15) is 0 Å². The Morgan fingerprint density at radius 3 is 1.24 bits per heavy atom. The molecule has 0 aromatic heterocycles. The molecular formula is C37H29NO5P2. The zero-order valence-electron chi connectivity index (χ0n) is 24.1. The van der Waals surface area contributed by atoms with Crippen LogP contribution in [0.1, 0.15) is 11.1 Å². The average Bonchev–Trinajstić information content (AvgIpc) is 3.11. The number of rotatable bonds is 10. The highest BCUT2D eigenvalue weighted by Gasteiger charge is 2.36. The molecule has 0 aliphatic carbocycles. The molecule has 1 N–H and O–H groups in total. The van der Waals surface area contributed by atoms with Crippen molar-refractivity contribution in [2.45, 2.75) is 0 Å². The Morgan fingerprint density at radius 1 is 0.467 bits per heavy atom. The summed E-state index contributed by atoms with van der Waals surface area (Å²) in [6, 6.07) is 49.8. The molecule has 0 radical (unpaired) electrons. The van der Waals surface area contributed by atoms with Crippen LogP contribution in [0.2, 0.25) is 0 Å². The minimum atomic E-state index is -3.86. The largest absolute Gasteiger partial charge is 0.433 e. The molecular weight excluding hydrogens is 600 g/mol. The minimum absolute atomic E-state index is 0.0253. The van der Waals surface area contributed by atoms with E-state index >= 15 is 9.13 Å². The van der Waals surface area contributed by atoms with Gasteiger partial charge in [0, 0.05) is 5.56 Å². The van der Waals surface area contributed by atoms with Crippen LogP contribution in [-0.2, 0) is 9.13 Å². The van der Waals surface area contributed by atoms with Crippen molar-refractivity contribution in [3.8, 4) is 11.5 Å².